The largest absolute Gasteiger partial charge is 0.378 e. The summed E-state index contributed by atoms with van der Waals surface area (Å²) in [7, 11) is 0. The monoisotopic (exact) mass is 340 g/mol. The summed E-state index contributed by atoms with van der Waals surface area (Å²) in [6, 6.07) is 2.14. The summed E-state index contributed by atoms with van der Waals surface area (Å²) >= 11 is 3.49. The molecule has 1 spiro atoms. The molecule has 0 amide bonds. The first-order chi connectivity index (χ1) is 9.69. The van der Waals surface area contributed by atoms with Gasteiger partial charge in [0, 0.05) is 49.5 Å². The van der Waals surface area contributed by atoms with Gasteiger partial charge in [-0.2, -0.15) is 0 Å². The van der Waals surface area contributed by atoms with Gasteiger partial charge in [-0.25, -0.2) is 0 Å². The summed E-state index contributed by atoms with van der Waals surface area (Å²) in [5.74, 6) is 0. The molecule has 2 saturated heterocycles. The van der Waals surface area contributed by atoms with Gasteiger partial charge in [0.2, 0.25) is 0 Å². The second kappa shape index (κ2) is 6.10. The predicted octanol–water partition coefficient (Wildman–Crippen LogP) is 2.61. The maximum absolute atomic E-state index is 6.28. The molecule has 110 valence electrons. The highest BCUT2D eigenvalue weighted by Gasteiger charge is 2.43. The molecule has 5 heteroatoms. The number of halogens is 1. The lowest BCUT2D eigenvalue weighted by Gasteiger charge is -2.43. The summed E-state index contributed by atoms with van der Waals surface area (Å²) in [6.07, 6.45) is 6.14. The Bertz CT molecular complexity index is 463. The Morgan fingerprint density at radius 3 is 3.10 bits per heavy atom. The van der Waals surface area contributed by atoms with Crippen LogP contribution in [0.2, 0.25) is 0 Å². The molecule has 20 heavy (non-hydrogen) atoms. The Labute approximate surface area is 128 Å². The number of nitrogens with zero attached hydrogens (tertiary/aromatic N) is 2. The van der Waals surface area contributed by atoms with E-state index in [9.17, 15) is 0 Å². The molecule has 3 rings (SSSR count). The quantitative estimate of drug-likeness (QED) is 0.847. The van der Waals surface area contributed by atoms with E-state index in [-0.39, 0.29) is 5.60 Å². The fourth-order valence-electron chi connectivity index (χ4n) is 3.13. The molecule has 0 N–H and O–H groups in total. The number of aromatic nitrogens is 1. The lowest BCUT2D eigenvalue weighted by atomic mass is 9.98. The molecule has 2 aliphatic rings. The van der Waals surface area contributed by atoms with Crippen molar-refractivity contribution in [2.75, 3.05) is 26.3 Å². The van der Waals surface area contributed by atoms with Crippen LogP contribution in [0.5, 0.6) is 0 Å². The van der Waals surface area contributed by atoms with E-state index < -0.39 is 0 Å². The number of rotatable bonds is 3. The van der Waals surface area contributed by atoms with Crippen molar-refractivity contribution in [2.45, 2.75) is 38.0 Å². The van der Waals surface area contributed by atoms with Crippen molar-refractivity contribution >= 4 is 15.9 Å². The highest BCUT2D eigenvalue weighted by molar-refractivity contribution is 9.10. The molecule has 4 nitrogen and oxygen atoms in total. The first kappa shape index (κ1) is 14.4. The zero-order valence-corrected chi connectivity index (χ0v) is 13.4. The zero-order valence-electron chi connectivity index (χ0n) is 11.8. The van der Waals surface area contributed by atoms with Gasteiger partial charge in [-0.1, -0.05) is 6.92 Å². The molecular formula is C15H21BrN2O2. The minimum Gasteiger partial charge on any atom is -0.378 e. The SMILES string of the molecule is CCC1CN(Cc2cncc(Br)c2)CC2(CCOC2)O1. The van der Waals surface area contributed by atoms with Gasteiger partial charge in [0.15, 0.2) is 0 Å². The molecule has 1 aromatic heterocycles. The number of pyridine rings is 1. The van der Waals surface area contributed by atoms with Crippen LogP contribution in [-0.4, -0.2) is 47.9 Å². The number of morpholine rings is 1. The van der Waals surface area contributed by atoms with Crippen LogP contribution in [-0.2, 0) is 16.0 Å². The number of ether oxygens (including phenoxy) is 2. The van der Waals surface area contributed by atoms with Gasteiger partial charge in [-0.05, 0) is 34.0 Å². The number of hydrogen-bond acceptors (Lipinski definition) is 4. The summed E-state index contributed by atoms with van der Waals surface area (Å²) in [6.45, 7) is 6.62. The lowest BCUT2D eigenvalue weighted by molar-refractivity contribution is -0.156. The molecule has 2 atom stereocenters. The van der Waals surface area contributed by atoms with Crippen LogP contribution in [0.3, 0.4) is 0 Å². The Morgan fingerprint density at radius 2 is 2.40 bits per heavy atom. The summed E-state index contributed by atoms with van der Waals surface area (Å²) in [5, 5.41) is 0. The molecule has 3 heterocycles. The Kier molecular flexibility index (Phi) is 4.40. The molecule has 0 aromatic carbocycles. The molecule has 0 radical (unpaired) electrons. The maximum Gasteiger partial charge on any atom is 0.107 e. The summed E-state index contributed by atoms with van der Waals surface area (Å²) in [4.78, 5) is 6.73. The van der Waals surface area contributed by atoms with Gasteiger partial charge >= 0.3 is 0 Å². The molecule has 2 unspecified atom stereocenters. The molecule has 2 aliphatic heterocycles. The molecule has 0 bridgehead atoms. The van der Waals surface area contributed by atoms with E-state index in [4.69, 9.17) is 9.47 Å². The van der Waals surface area contributed by atoms with Crippen molar-refractivity contribution in [1.29, 1.82) is 0 Å². The van der Waals surface area contributed by atoms with Gasteiger partial charge in [-0.3, -0.25) is 9.88 Å². The second-order valence-electron chi connectivity index (χ2n) is 5.81. The summed E-state index contributed by atoms with van der Waals surface area (Å²) in [5.41, 5.74) is 1.16. The molecule has 0 saturated carbocycles. The average Bonchev–Trinajstić information content (AvgIpc) is 2.86. The first-order valence-corrected chi connectivity index (χ1v) is 8.06. The Balaban J connectivity index is 1.71. The predicted molar refractivity (Wildman–Crippen MR) is 80.5 cm³/mol. The highest BCUT2D eigenvalue weighted by Crippen LogP contribution is 2.31. The van der Waals surface area contributed by atoms with Crippen LogP contribution in [0.1, 0.15) is 25.3 Å². The zero-order chi connectivity index (χ0) is 14.0. The minimum atomic E-state index is -0.0850. The van der Waals surface area contributed by atoms with Crippen molar-refractivity contribution in [3.63, 3.8) is 0 Å². The van der Waals surface area contributed by atoms with E-state index >= 15 is 0 Å². The van der Waals surface area contributed by atoms with Crippen molar-refractivity contribution in [2.24, 2.45) is 0 Å². The van der Waals surface area contributed by atoms with Crippen molar-refractivity contribution in [3.8, 4) is 0 Å². The van der Waals surface area contributed by atoms with Gasteiger partial charge in [0.1, 0.15) is 5.60 Å². The minimum absolute atomic E-state index is 0.0850. The Hall–Kier alpha value is -0.490. The smallest absolute Gasteiger partial charge is 0.107 e. The van der Waals surface area contributed by atoms with Gasteiger partial charge < -0.3 is 9.47 Å². The van der Waals surface area contributed by atoms with Gasteiger partial charge in [0.05, 0.1) is 12.7 Å². The topological polar surface area (TPSA) is 34.6 Å². The van der Waals surface area contributed by atoms with Crippen LogP contribution in [0.4, 0.5) is 0 Å². The van der Waals surface area contributed by atoms with Crippen LogP contribution >= 0.6 is 15.9 Å². The average molecular weight is 341 g/mol. The Morgan fingerprint density at radius 1 is 1.50 bits per heavy atom. The fourth-order valence-corrected chi connectivity index (χ4v) is 3.54. The van der Waals surface area contributed by atoms with Crippen molar-refractivity contribution in [3.05, 3.63) is 28.5 Å². The molecule has 2 fully saturated rings. The van der Waals surface area contributed by atoms with Crippen LogP contribution < -0.4 is 0 Å². The van der Waals surface area contributed by atoms with Crippen LogP contribution in [0.25, 0.3) is 0 Å². The van der Waals surface area contributed by atoms with E-state index in [1.165, 1.54) is 5.56 Å². The third kappa shape index (κ3) is 3.22. The van der Waals surface area contributed by atoms with E-state index in [2.05, 4.69) is 38.8 Å². The molecule has 1 aromatic rings. The third-order valence-corrected chi connectivity index (χ3v) is 4.51. The third-order valence-electron chi connectivity index (χ3n) is 4.08. The van der Waals surface area contributed by atoms with E-state index in [0.29, 0.717) is 6.10 Å². The van der Waals surface area contributed by atoms with Gasteiger partial charge in [-0.15, -0.1) is 0 Å². The molecule has 0 aliphatic carbocycles. The normalized spacial score (nSPS) is 31.0. The van der Waals surface area contributed by atoms with Crippen LogP contribution in [0, 0.1) is 0 Å². The van der Waals surface area contributed by atoms with E-state index in [1.54, 1.807) is 0 Å². The van der Waals surface area contributed by atoms with E-state index in [0.717, 1.165) is 50.2 Å². The van der Waals surface area contributed by atoms with Crippen molar-refractivity contribution < 1.29 is 9.47 Å². The van der Waals surface area contributed by atoms with Gasteiger partial charge in [0.25, 0.3) is 0 Å². The van der Waals surface area contributed by atoms with Crippen molar-refractivity contribution in [1.82, 2.24) is 9.88 Å². The fraction of sp³-hybridized carbons (Fsp3) is 0.667. The molecular weight excluding hydrogens is 320 g/mol. The maximum atomic E-state index is 6.28. The van der Waals surface area contributed by atoms with E-state index in [1.807, 2.05) is 12.4 Å². The highest BCUT2D eigenvalue weighted by atomic mass is 79.9. The lowest BCUT2D eigenvalue weighted by Crippen LogP contribution is -2.55. The summed E-state index contributed by atoms with van der Waals surface area (Å²) < 4.78 is 12.9. The number of hydrogen-bond donors (Lipinski definition) is 0. The van der Waals surface area contributed by atoms with Crippen LogP contribution in [0.15, 0.2) is 22.9 Å². The second-order valence-corrected chi connectivity index (χ2v) is 6.73. The first-order valence-electron chi connectivity index (χ1n) is 7.26. The standard InChI is InChI=1S/C15H21BrN2O2/c1-2-14-9-18(8-12-5-13(16)7-17-6-12)10-15(20-14)3-4-19-11-15/h5-7,14H,2-4,8-11H2,1H3.